The fourth-order valence-corrected chi connectivity index (χ4v) is 1.19. The van der Waals surface area contributed by atoms with Gasteiger partial charge in [0.05, 0.1) is 0 Å². The highest BCUT2D eigenvalue weighted by molar-refractivity contribution is 5.89. The largest absolute Gasteiger partial charge is 0.480 e. The van der Waals surface area contributed by atoms with E-state index in [-0.39, 0.29) is 6.54 Å². The van der Waals surface area contributed by atoms with Crippen molar-refractivity contribution in [2.45, 2.75) is 27.7 Å². The SMILES string of the molecule is CC(C)C(=NCC(=O)O)C(C)C. The molecule has 0 aliphatic rings. The van der Waals surface area contributed by atoms with Crippen molar-refractivity contribution in [3.8, 4) is 0 Å². The van der Waals surface area contributed by atoms with Crippen LogP contribution in [0.4, 0.5) is 0 Å². The second-order valence-electron chi connectivity index (χ2n) is 3.44. The highest BCUT2D eigenvalue weighted by Gasteiger charge is 2.09. The number of aliphatic carboxylic acids is 1. The van der Waals surface area contributed by atoms with Crippen LogP contribution in [0.2, 0.25) is 0 Å². The smallest absolute Gasteiger partial charge is 0.325 e. The Morgan fingerprint density at radius 1 is 1.25 bits per heavy atom. The first-order chi connectivity index (χ1) is 5.45. The number of aliphatic imine (C=N–C) groups is 1. The third-order valence-corrected chi connectivity index (χ3v) is 1.58. The summed E-state index contributed by atoms with van der Waals surface area (Å²) in [6.45, 7) is 8.01. The van der Waals surface area contributed by atoms with Crippen LogP contribution in [-0.4, -0.2) is 23.3 Å². The van der Waals surface area contributed by atoms with Crippen LogP contribution < -0.4 is 0 Å². The number of carbonyl (C=O) groups is 1. The van der Waals surface area contributed by atoms with Crippen molar-refractivity contribution in [1.82, 2.24) is 0 Å². The quantitative estimate of drug-likeness (QED) is 0.656. The number of carboxylic acids is 1. The maximum absolute atomic E-state index is 10.2. The van der Waals surface area contributed by atoms with Gasteiger partial charge in [0, 0.05) is 5.71 Å². The Balaban J connectivity index is 4.29. The second-order valence-corrected chi connectivity index (χ2v) is 3.44. The predicted octanol–water partition coefficient (Wildman–Crippen LogP) is 1.82. The molecule has 0 aliphatic carbocycles. The summed E-state index contributed by atoms with van der Waals surface area (Å²) >= 11 is 0. The van der Waals surface area contributed by atoms with Crippen LogP contribution in [0.3, 0.4) is 0 Å². The normalized spacial score (nSPS) is 10.5. The van der Waals surface area contributed by atoms with Crippen LogP contribution in [0.25, 0.3) is 0 Å². The van der Waals surface area contributed by atoms with Gasteiger partial charge in [-0.25, -0.2) is 0 Å². The van der Waals surface area contributed by atoms with Crippen LogP contribution in [0.1, 0.15) is 27.7 Å². The average molecular weight is 171 g/mol. The van der Waals surface area contributed by atoms with Gasteiger partial charge in [-0.3, -0.25) is 9.79 Å². The van der Waals surface area contributed by atoms with Crippen LogP contribution in [-0.2, 0) is 4.79 Å². The number of carboxylic acid groups (broad SMARTS) is 1. The standard InChI is InChI=1S/C9H17NO2/c1-6(2)9(7(3)4)10-5-8(11)12/h6-7H,5H2,1-4H3,(H,11,12). The van der Waals surface area contributed by atoms with Gasteiger partial charge in [0.2, 0.25) is 0 Å². The molecule has 0 saturated carbocycles. The lowest BCUT2D eigenvalue weighted by atomic mass is 9.97. The molecule has 0 amide bonds. The molecule has 0 aromatic rings. The molecule has 0 fully saturated rings. The fourth-order valence-electron chi connectivity index (χ4n) is 1.19. The summed E-state index contributed by atoms with van der Waals surface area (Å²) < 4.78 is 0. The third-order valence-electron chi connectivity index (χ3n) is 1.58. The topological polar surface area (TPSA) is 49.7 Å². The summed E-state index contributed by atoms with van der Waals surface area (Å²) in [6.07, 6.45) is 0. The van der Waals surface area contributed by atoms with Crippen molar-refractivity contribution >= 4 is 11.7 Å². The van der Waals surface area contributed by atoms with Crippen LogP contribution >= 0.6 is 0 Å². The molecule has 3 nitrogen and oxygen atoms in total. The third kappa shape index (κ3) is 4.11. The molecule has 0 bridgehead atoms. The van der Waals surface area contributed by atoms with Gasteiger partial charge in [-0.05, 0) is 11.8 Å². The van der Waals surface area contributed by atoms with E-state index in [9.17, 15) is 4.79 Å². The molecule has 0 aliphatic heterocycles. The van der Waals surface area contributed by atoms with E-state index in [0.717, 1.165) is 5.71 Å². The number of hydrogen-bond donors (Lipinski definition) is 1. The van der Waals surface area contributed by atoms with Gasteiger partial charge in [-0.1, -0.05) is 27.7 Å². The van der Waals surface area contributed by atoms with Crippen molar-refractivity contribution < 1.29 is 9.90 Å². The Labute approximate surface area is 73.5 Å². The van der Waals surface area contributed by atoms with Gasteiger partial charge in [-0.15, -0.1) is 0 Å². The molecule has 0 rings (SSSR count). The maximum Gasteiger partial charge on any atom is 0.325 e. The molecule has 0 radical (unpaired) electrons. The molecule has 0 aromatic carbocycles. The first-order valence-electron chi connectivity index (χ1n) is 4.21. The van der Waals surface area contributed by atoms with E-state index in [1.54, 1.807) is 0 Å². The lowest BCUT2D eigenvalue weighted by Crippen LogP contribution is -2.17. The zero-order valence-corrected chi connectivity index (χ0v) is 8.16. The molecule has 70 valence electrons. The molecule has 3 heteroatoms. The van der Waals surface area contributed by atoms with Crippen LogP contribution in [0.5, 0.6) is 0 Å². The van der Waals surface area contributed by atoms with Gasteiger partial charge in [0.1, 0.15) is 6.54 Å². The van der Waals surface area contributed by atoms with E-state index < -0.39 is 5.97 Å². The Morgan fingerprint density at radius 3 is 1.92 bits per heavy atom. The first-order valence-corrected chi connectivity index (χ1v) is 4.21. The highest BCUT2D eigenvalue weighted by atomic mass is 16.4. The lowest BCUT2D eigenvalue weighted by Gasteiger charge is -2.12. The molecule has 0 aromatic heterocycles. The molecular formula is C9H17NO2. The molecule has 0 spiro atoms. The Kier molecular flexibility index (Phi) is 4.55. The second kappa shape index (κ2) is 4.91. The van der Waals surface area contributed by atoms with Crippen molar-refractivity contribution in [2.24, 2.45) is 16.8 Å². The number of nitrogens with zero attached hydrogens (tertiary/aromatic N) is 1. The van der Waals surface area contributed by atoms with Gasteiger partial charge < -0.3 is 5.11 Å². The van der Waals surface area contributed by atoms with E-state index in [1.165, 1.54) is 0 Å². The summed E-state index contributed by atoms with van der Waals surface area (Å²) in [5.74, 6) is -0.192. The molecule has 0 saturated heterocycles. The van der Waals surface area contributed by atoms with Crippen molar-refractivity contribution in [3.63, 3.8) is 0 Å². The van der Waals surface area contributed by atoms with E-state index in [0.29, 0.717) is 11.8 Å². The van der Waals surface area contributed by atoms with Crippen molar-refractivity contribution in [3.05, 3.63) is 0 Å². The van der Waals surface area contributed by atoms with Gasteiger partial charge in [0.25, 0.3) is 0 Å². The van der Waals surface area contributed by atoms with Crippen LogP contribution in [0.15, 0.2) is 4.99 Å². The van der Waals surface area contributed by atoms with E-state index >= 15 is 0 Å². The molecular weight excluding hydrogens is 154 g/mol. The Morgan fingerprint density at radius 2 is 1.67 bits per heavy atom. The molecule has 0 atom stereocenters. The minimum atomic E-state index is -0.867. The fraction of sp³-hybridized carbons (Fsp3) is 0.778. The molecule has 12 heavy (non-hydrogen) atoms. The van der Waals surface area contributed by atoms with Crippen molar-refractivity contribution in [1.29, 1.82) is 0 Å². The zero-order valence-electron chi connectivity index (χ0n) is 8.16. The maximum atomic E-state index is 10.2. The summed E-state index contributed by atoms with van der Waals surface area (Å²) in [5, 5.41) is 8.42. The average Bonchev–Trinajstić information content (AvgIpc) is 1.84. The summed E-state index contributed by atoms with van der Waals surface area (Å²) in [7, 11) is 0. The Hall–Kier alpha value is -0.860. The monoisotopic (exact) mass is 171 g/mol. The summed E-state index contributed by atoms with van der Waals surface area (Å²) in [6, 6.07) is 0. The predicted molar refractivity (Wildman–Crippen MR) is 49.6 cm³/mol. The number of rotatable bonds is 4. The van der Waals surface area contributed by atoms with Gasteiger partial charge in [0.15, 0.2) is 0 Å². The van der Waals surface area contributed by atoms with E-state index in [1.807, 2.05) is 27.7 Å². The van der Waals surface area contributed by atoms with E-state index in [4.69, 9.17) is 5.11 Å². The summed E-state index contributed by atoms with van der Waals surface area (Å²) in [4.78, 5) is 14.3. The number of hydrogen-bond acceptors (Lipinski definition) is 2. The van der Waals surface area contributed by atoms with Crippen molar-refractivity contribution in [2.75, 3.05) is 6.54 Å². The molecule has 0 heterocycles. The highest BCUT2D eigenvalue weighted by Crippen LogP contribution is 2.07. The minimum Gasteiger partial charge on any atom is -0.480 e. The minimum absolute atomic E-state index is 0.105. The summed E-state index contributed by atoms with van der Waals surface area (Å²) in [5.41, 5.74) is 0.984. The lowest BCUT2D eigenvalue weighted by molar-refractivity contribution is -0.135. The first kappa shape index (κ1) is 11.1. The Bertz CT molecular complexity index is 173. The zero-order chi connectivity index (χ0) is 9.72. The van der Waals surface area contributed by atoms with Gasteiger partial charge in [-0.2, -0.15) is 0 Å². The van der Waals surface area contributed by atoms with Gasteiger partial charge >= 0.3 is 5.97 Å². The van der Waals surface area contributed by atoms with Crippen LogP contribution in [0, 0.1) is 11.8 Å². The molecule has 1 N–H and O–H groups in total. The molecule has 0 unspecified atom stereocenters. The van der Waals surface area contributed by atoms with E-state index in [2.05, 4.69) is 4.99 Å².